The zero-order chi connectivity index (χ0) is 10.6. The number of esters is 1. The Balaban J connectivity index is 2.31. The van der Waals surface area contributed by atoms with Crippen molar-refractivity contribution in [3.8, 4) is 0 Å². The first kappa shape index (κ1) is 11.3. The predicted octanol–water partition coefficient (Wildman–Crippen LogP) is 2.93. The lowest BCUT2D eigenvalue weighted by Gasteiger charge is -2.26. The number of carbonyl (C=O) groups is 1. The molecule has 0 aliphatic heterocycles. The lowest BCUT2D eigenvalue weighted by molar-refractivity contribution is -0.142. The average Bonchev–Trinajstić information content (AvgIpc) is 2.15. The fraction of sp³-hybridized carbons (Fsp3) is 0.750. The van der Waals surface area contributed by atoms with Crippen LogP contribution in [0.3, 0.4) is 0 Å². The van der Waals surface area contributed by atoms with E-state index in [-0.39, 0.29) is 5.97 Å². The van der Waals surface area contributed by atoms with Gasteiger partial charge in [-0.25, -0.2) is 0 Å². The fourth-order valence-electron chi connectivity index (χ4n) is 1.89. The molecule has 0 aromatic heterocycles. The third-order valence-electron chi connectivity index (χ3n) is 3.03. The van der Waals surface area contributed by atoms with Crippen molar-refractivity contribution >= 4 is 5.97 Å². The van der Waals surface area contributed by atoms with E-state index in [9.17, 15) is 4.79 Å². The van der Waals surface area contributed by atoms with Gasteiger partial charge in [-0.15, -0.1) is 0 Å². The first-order chi connectivity index (χ1) is 6.59. The Morgan fingerprint density at radius 3 is 2.93 bits per heavy atom. The molecule has 0 N–H and O–H groups in total. The van der Waals surface area contributed by atoms with Crippen molar-refractivity contribution in [3.05, 3.63) is 11.6 Å². The molecule has 0 aromatic carbocycles. The molecule has 1 aliphatic rings. The van der Waals surface area contributed by atoms with Crippen molar-refractivity contribution in [3.63, 3.8) is 0 Å². The highest BCUT2D eigenvalue weighted by molar-refractivity contribution is 5.65. The Morgan fingerprint density at radius 1 is 1.71 bits per heavy atom. The van der Waals surface area contributed by atoms with E-state index in [2.05, 4.69) is 19.9 Å². The zero-order valence-corrected chi connectivity index (χ0v) is 9.38. The molecule has 2 atom stereocenters. The molecule has 0 heterocycles. The normalized spacial score (nSPS) is 23.9. The Labute approximate surface area is 86.3 Å². The summed E-state index contributed by atoms with van der Waals surface area (Å²) >= 11 is 0. The quantitative estimate of drug-likeness (QED) is 0.512. The van der Waals surface area contributed by atoms with Crippen molar-refractivity contribution in [1.29, 1.82) is 0 Å². The summed E-state index contributed by atoms with van der Waals surface area (Å²) in [5.41, 5.74) is 1.50. The number of carbonyl (C=O) groups excluding carboxylic acids is 1. The predicted molar refractivity (Wildman–Crippen MR) is 56.9 cm³/mol. The van der Waals surface area contributed by atoms with Crippen LogP contribution in [0.25, 0.3) is 0 Å². The highest BCUT2D eigenvalue weighted by atomic mass is 16.5. The average molecular weight is 196 g/mol. The van der Waals surface area contributed by atoms with Crippen molar-refractivity contribution in [2.75, 3.05) is 6.61 Å². The summed E-state index contributed by atoms with van der Waals surface area (Å²) in [6.45, 7) is 6.40. The maximum Gasteiger partial charge on any atom is 0.302 e. The molecule has 0 radical (unpaired) electrons. The van der Waals surface area contributed by atoms with Gasteiger partial charge in [0.2, 0.25) is 0 Å². The van der Waals surface area contributed by atoms with Gasteiger partial charge >= 0.3 is 5.97 Å². The van der Waals surface area contributed by atoms with E-state index in [4.69, 9.17) is 4.74 Å². The summed E-state index contributed by atoms with van der Waals surface area (Å²) in [4.78, 5) is 10.6. The molecule has 0 aromatic rings. The van der Waals surface area contributed by atoms with Crippen molar-refractivity contribution < 1.29 is 9.53 Å². The molecular weight excluding hydrogens is 176 g/mol. The summed E-state index contributed by atoms with van der Waals surface area (Å²) < 4.78 is 5.02. The first-order valence-corrected chi connectivity index (χ1v) is 5.38. The van der Waals surface area contributed by atoms with Gasteiger partial charge in [-0.3, -0.25) is 4.79 Å². The van der Waals surface area contributed by atoms with Crippen LogP contribution < -0.4 is 0 Å². The molecule has 0 spiro atoms. The smallest absolute Gasteiger partial charge is 0.302 e. The van der Waals surface area contributed by atoms with Gasteiger partial charge in [-0.2, -0.15) is 0 Å². The van der Waals surface area contributed by atoms with Gasteiger partial charge in [-0.1, -0.05) is 18.6 Å². The number of hydrogen-bond donors (Lipinski definition) is 0. The standard InChI is InChI=1S/C12H20O2/c1-9-4-6-12(7-5-9)10(2)8-14-11(3)13/h4,10,12H,5-8H2,1-3H3. The molecule has 0 saturated heterocycles. The van der Waals surface area contributed by atoms with Crippen LogP contribution in [0, 0.1) is 11.8 Å². The van der Waals surface area contributed by atoms with Gasteiger partial charge in [0.15, 0.2) is 0 Å². The van der Waals surface area contributed by atoms with Crippen LogP contribution in [0.2, 0.25) is 0 Å². The molecule has 2 nitrogen and oxygen atoms in total. The fourth-order valence-corrected chi connectivity index (χ4v) is 1.89. The minimum atomic E-state index is -0.167. The minimum Gasteiger partial charge on any atom is -0.466 e. The van der Waals surface area contributed by atoms with Crippen LogP contribution in [-0.4, -0.2) is 12.6 Å². The van der Waals surface area contributed by atoms with Crippen LogP contribution in [0.4, 0.5) is 0 Å². The number of allylic oxidation sites excluding steroid dienone is 2. The van der Waals surface area contributed by atoms with Gasteiger partial charge < -0.3 is 4.74 Å². The van der Waals surface area contributed by atoms with E-state index in [0.717, 1.165) is 6.42 Å². The molecule has 0 amide bonds. The Bertz CT molecular complexity index is 230. The first-order valence-electron chi connectivity index (χ1n) is 5.38. The summed E-state index contributed by atoms with van der Waals surface area (Å²) in [5, 5.41) is 0. The maximum atomic E-state index is 10.6. The second-order valence-electron chi connectivity index (χ2n) is 4.36. The molecular formula is C12H20O2. The molecule has 80 valence electrons. The SMILES string of the molecule is CC(=O)OCC(C)C1CC=C(C)CC1. The molecule has 1 rings (SSSR count). The molecule has 14 heavy (non-hydrogen) atoms. The van der Waals surface area contributed by atoms with Crippen LogP contribution >= 0.6 is 0 Å². The molecule has 2 heteroatoms. The zero-order valence-electron chi connectivity index (χ0n) is 9.38. The molecule has 0 bridgehead atoms. The summed E-state index contributed by atoms with van der Waals surface area (Å²) in [7, 11) is 0. The van der Waals surface area contributed by atoms with E-state index < -0.39 is 0 Å². The van der Waals surface area contributed by atoms with Gasteiger partial charge in [0.05, 0.1) is 6.61 Å². The molecule has 0 fully saturated rings. The third-order valence-corrected chi connectivity index (χ3v) is 3.03. The highest BCUT2D eigenvalue weighted by Crippen LogP contribution is 2.29. The van der Waals surface area contributed by atoms with Gasteiger partial charge in [0.1, 0.15) is 0 Å². The number of hydrogen-bond acceptors (Lipinski definition) is 2. The van der Waals surface area contributed by atoms with Gasteiger partial charge in [-0.05, 0) is 38.0 Å². The van der Waals surface area contributed by atoms with E-state index in [1.165, 1.54) is 25.3 Å². The summed E-state index contributed by atoms with van der Waals surface area (Å²) in [5.74, 6) is 1.01. The Kier molecular flexibility index (Phi) is 4.18. The molecule has 1 aliphatic carbocycles. The third kappa shape index (κ3) is 3.52. The van der Waals surface area contributed by atoms with E-state index >= 15 is 0 Å². The molecule has 2 unspecified atom stereocenters. The maximum absolute atomic E-state index is 10.6. The minimum absolute atomic E-state index is 0.167. The topological polar surface area (TPSA) is 26.3 Å². The van der Waals surface area contributed by atoms with Crippen LogP contribution in [0.1, 0.15) is 40.0 Å². The van der Waals surface area contributed by atoms with Crippen molar-refractivity contribution in [1.82, 2.24) is 0 Å². The summed E-state index contributed by atoms with van der Waals surface area (Å²) in [6, 6.07) is 0. The van der Waals surface area contributed by atoms with E-state index in [1.54, 1.807) is 0 Å². The van der Waals surface area contributed by atoms with Crippen LogP contribution in [-0.2, 0) is 9.53 Å². The lowest BCUT2D eigenvalue weighted by Crippen LogP contribution is -2.20. The van der Waals surface area contributed by atoms with Gasteiger partial charge in [0.25, 0.3) is 0 Å². The van der Waals surface area contributed by atoms with Crippen molar-refractivity contribution in [2.45, 2.75) is 40.0 Å². The monoisotopic (exact) mass is 196 g/mol. The molecule has 0 saturated carbocycles. The lowest BCUT2D eigenvalue weighted by atomic mass is 9.82. The second kappa shape index (κ2) is 5.18. The van der Waals surface area contributed by atoms with Crippen molar-refractivity contribution in [2.24, 2.45) is 11.8 Å². The second-order valence-corrected chi connectivity index (χ2v) is 4.36. The van der Waals surface area contributed by atoms with Gasteiger partial charge in [0, 0.05) is 6.92 Å². The largest absolute Gasteiger partial charge is 0.466 e. The summed E-state index contributed by atoms with van der Waals surface area (Å²) in [6.07, 6.45) is 5.91. The Morgan fingerprint density at radius 2 is 2.43 bits per heavy atom. The van der Waals surface area contributed by atoms with E-state index in [0.29, 0.717) is 18.4 Å². The van der Waals surface area contributed by atoms with Crippen LogP contribution in [0.15, 0.2) is 11.6 Å². The van der Waals surface area contributed by atoms with E-state index in [1.807, 2.05) is 0 Å². The number of ether oxygens (including phenoxy) is 1. The van der Waals surface area contributed by atoms with Crippen LogP contribution in [0.5, 0.6) is 0 Å². The Hall–Kier alpha value is -0.790. The highest BCUT2D eigenvalue weighted by Gasteiger charge is 2.19. The number of rotatable bonds is 3.